The van der Waals surface area contributed by atoms with Crippen LogP contribution in [0.3, 0.4) is 0 Å². The average molecular weight is 435 g/mol. The van der Waals surface area contributed by atoms with Crippen molar-refractivity contribution in [2.24, 2.45) is 0 Å². The third-order valence-corrected chi connectivity index (χ3v) is 5.21. The average Bonchev–Trinajstić information content (AvgIpc) is 2.69. The number of amides is 1. The van der Waals surface area contributed by atoms with Gasteiger partial charge in [0.1, 0.15) is 18.0 Å². The van der Waals surface area contributed by atoms with Crippen LogP contribution in [0.15, 0.2) is 48.5 Å². The van der Waals surface area contributed by atoms with Crippen LogP contribution in [-0.2, 0) is 21.4 Å². The van der Waals surface area contributed by atoms with Gasteiger partial charge in [0.15, 0.2) is 0 Å². The number of nitrogens with zero attached hydrogens (tertiary/aromatic N) is 1. The molecule has 0 aliphatic carbocycles. The Hall–Kier alpha value is -2.74. The molecular formula is C22H30N2O5S. The minimum Gasteiger partial charge on any atom is -0.494 e. The van der Waals surface area contributed by atoms with Crippen molar-refractivity contribution in [2.75, 3.05) is 23.7 Å². The zero-order chi connectivity index (χ0) is 22.1. The Balaban J connectivity index is 1.98. The second-order valence-corrected chi connectivity index (χ2v) is 9.11. The molecule has 2 rings (SSSR count). The number of rotatable bonds is 11. The van der Waals surface area contributed by atoms with Gasteiger partial charge in [0.25, 0.3) is 0 Å². The fourth-order valence-electron chi connectivity index (χ4n) is 2.67. The smallest absolute Gasteiger partial charge is 0.241 e. The van der Waals surface area contributed by atoms with Crippen LogP contribution in [0.2, 0.25) is 0 Å². The van der Waals surface area contributed by atoms with Gasteiger partial charge >= 0.3 is 0 Å². The minimum absolute atomic E-state index is 0.0878. The highest BCUT2D eigenvalue weighted by Gasteiger charge is 2.20. The quantitative estimate of drug-likeness (QED) is 0.586. The first-order valence-electron chi connectivity index (χ1n) is 9.92. The van der Waals surface area contributed by atoms with Gasteiger partial charge in [-0.15, -0.1) is 0 Å². The van der Waals surface area contributed by atoms with Crippen molar-refractivity contribution < 1.29 is 22.7 Å². The van der Waals surface area contributed by atoms with Crippen LogP contribution in [0.25, 0.3) is 0 Å². The maximum Gasteiger partial charge on any atom is 0.241 e. The van der Waals surface area contributed by atoms with Gasteiger partial charge in [0, 0.05) is 6.54 Å². The molecule has 1 amide bonds. The first-order valence-corrected chi connectivity index (χ1v) is 11.8. The van der Waals surface area contributed by atoms with E-state index < -0.39 is 15.9 Å². The van der Waals surface area contributed by atoms with Gasteiger partial charge in [-0.2, -0.15) is 0 Å². The molecule has 2 aromatic carbocycles. The lowest BCUT2D eigenvalue weighted by Crippen LogP contribution is -2.40. The summed E-state index contributed by atoms with van der Waals surface area (Å²) in [6.07, 6.45) is 2.05. The molecule has 0 aliphatic rings. The van der Waals surface area contributed by atoms with E-state index >= 15 is 0 Å². The van der Waals surface area contributed by atoms with E-state index in [4.69, 9.17) is 9.47 Å². The number of carbonyl (C=O) groups is 1. The monoisotopic (exact) mass is 434 g/mol. The molecule has 0 unspecified atom stereocenters. The standard InChI is InChI=1S/C22H30N2O5S/c1-5-14-28-20-12-8-19(9-13-20)24(30(4,26)27)16-22(25)23-15-18-6-10-21(11-7-18)29-17(2)3/h6-13,17H,5,14-16H2,1-4H3,(H,23,25). The molecule has 164 valence electrons. The zero-order valence-electron chi connectivity index (χ0n) is 17.9. The summed E-state index contributed by atoms with van der Waals surface area (Å²) in [6.45, 7) is 6.49. The van der Waals surface area contributed by atoms with Crippen LogP contribution < -0.4 is 19.1 Å². The van der Waals surface area contributed by atoms with Crippen LogP contribution in [0, 0.1) is 0 Å². The van der Waals surface area contributed by atoms with E-state index in [-0.39, 0.29) is 12.6 Å². The second-order valence-electron chi connectivity index (χ2n) is 7.20. The molecule has 1 N–H and O–H groups in total. The highest BCUT2D eigenvalue weighted by molar-refractivity contribution is 7.92. The highest BCUT2D eigenvalue weighted by atomic mass is 32.2. The normalized spacial score (nSPS) is 11.2. The lowest BCUT2D eigenvalue weighted by atomic mass is 10.2. The molecule has 0 radical (unpaired) electrons. The van der Waals surface area contributed by atoms with Gasteiger partial charge in [0.2, 0.25) is 15.9 Å². The molecule has 8 heteroatoms. The van der Waals surface area contributed by atoms with E-state index in [0.29, 0.717) is 24.6 Å². The molecule has 0 fully saturated rings. The van der Waals surface area contributed by atoms with Gasteiger partial charge in [0.05, 0.1) is 24.7 Å². The SMILES string of the molecule is CCCOc1ccc(N(CC(=O)NCc2ccc(OC(C)C)cc2)S(C)(=O)=O)cc1. The number of carbonyl (C=O) groups excluding carboxylic acids is 1. The van der Waals surface area contributed by atoms with Crippen molar-refractivity contribution >= 4 is 21.6 Å². The van der Waals surface area contributed by atoms with Crippen molar-refractivity contribution in [3.63, 3.8) is 0 Å². The van der Waals surface area contributed by atoms with E-state index in [1.54, 1.807) is 24.3 Å². The maximum atomic E-state index is 12.4. The summed E-state index contributed by atoms with van der Waals surface area (Å²) < 4.78 is 36.6. The van der Waals surface area contributed by atoms with Crippen LogP contribution >= 0.6 is 0 Å². The molecule has 0 saturated carbocycles. The van der Waals surface area contributed by atoms with E-state index in [9.17, 15) is 13.2 Å². The molecule has 0 aliphatic heterocycles. The first-order chi connectivity index (χ1) is 14.2. The molecule has 0 aromatic heterocycles. The molecule has 7 nitrogen and oxygen atoms in total. The highest BCUT2D eigenvalue weighted by Crippen LogP contribution is 2.21. The number of hydrogen-bond acceptors (Lipinski definition) is 5. The fraction of sp³-hybridized carbons (Fsp3) is 0.409. The summed E-state index contributed by atoms with van der Waals surface area (Å²) in [7, 11) is -3.63. The lowest BCUT2D eigenvalue weighted by molar-refractivity contribution is -0.119. The molecule has 2 aromatic rings. The Labute approximate surface area is 179 Å². The molecule has 30 heavy (non-hydrogen) atoms. The van der Waals surface area contributed by atoms with Crippen LogP contribution in [-0.4, -0.2) is 39.8 Å². The minimum atomic E-state index is -3.63. The van der Waals surface area contributed by atoms with Crippen molar-refractivity contribution in [2.45, 2.75) is 39.8 Å². The molecule has 0 bridgehead atoms. The number of sulfonamides is 1. The summed E-state index contributed by atoms with van der Waals surface area (Å²) in [5.41, 5.74) is 1.30. The Morgan fingerprint density at radius 3 is 2.17 bits per heavy atom. The Bertz CT molecular complexity index is 910. The number of hydrogen-bond donors (Lipinski definition) is 1. The van der Waals surface area contributed by atoms with Crippen molar-refractivity contribution in [1.82, 2.24) is 5.32 Å². The third-order valence-electron chi connectivity index (χ3n) is 4.07. The Morgan fingerprint density at radius 1 is 1.03 bits per heavy atom. The Kier molecular flexibility index (Phi) is 8.53. The summed E-state index contributed by atoms with van der Waals surface area (Å²) in [4.78, 5) is 12.4. The van der Waals surface area contributed by atoms with E-state index in [0.717, 1.165) is 28.3 Å². The number of nitrogens with one attached hydrogen (secondary N) is 1. The summed E-state index contributed by atoms with van der Waals surface area (Å²) >= 11 is 0. The van der Waals surface area contributed by atoms with E-state index in [2.05, 4.69) is 5.32 Å². The topological polar surface area (TPSA) is 84.9 Å². The lowest BCUT2D eigenvalue weighted by Gasteiger charge is -2.22. The van der Waals surface area contributed by atoms with Gasteiger partial charge in [-0.1, -0.05) is 19.1 Å². The third kappa shape index (κ3) is 7.59. The zero-order valence-corrected chi connectivity index (χ0v) is 18.7. The number of ether oxygens (including phenoxy) is 2. The number of benzene rings is 2. The first kappa shape index (κ1) is 23.5. The molecule has 0 atom stereocenters. The van der Waals surface area contributed by atoms with E-state index in [1.165, 1.54) is 0 Å². The molecular weight excluding hydrogens is 404 g/mol. The Morgan fingerprint density at radius 2 is 1.63 bits per heavy atom. The summed E-state index contributed by atoms with van der Waals surface area (Å²) in [6, 6.07) is 14.1. The van der Waals surface area contributed by atoms with Crippen LogP contribution in [0.5, 0.6) is 11.5 Å². The largest absolute Gasteiger partial charge is 0.494 e. The van der Waals surface area contributed by atoms with Gasteiger partial charge in [-0.05, 0) is 62.2 Å². The van der Waals surface area contributed by atoms with Gasteiger partial charge in [-0.3, -0.25) is 9.10 Å². The van der Waals surface area contributed by atoms with Gasteiger partial charge < -0.3 is 14.8 Å². The van der Waals surface area contributed by atoms with Crippen molar-refractivity contribution in [3.8, 4) is 11.5 Å². The van der Waals surface area contributed by atoms with Crippen LogP contribution in [0.1, 0.15) is 32.8 Å². The van der Waals surface area contributed by atoms with E-state index in [1.807, 2.05) is 45.0 Å². The maximum absolute atomic E-state index is 12.4. The molecule has 0 saturated heterocycles. The molecule has 0 spiro atoms. The van der Waals surface area contributed by atoms with Gasteiger partial charge in [-0.25, -0.2) is 8.42 Å². The molecule has 0 heterocycles. The predicted octanol–water partition coefficient (Wildman–Crippen LogP) is 3.35. The summed E-state index contributed by atoms with van der Waals surface area (Å²) in [5.74, 6) is 1.02. The van der Waals surface area contributed by atoms with Crippen molar-refractivity contribution in [3.05, 3.63) is 54.1 Å². The number of anilines is 1. The summed E-state index contributed by atoms with van der Waals surface area (Å²) in [5, 5.41) is 2.76. The predicted molar refractivity (Wildman–Crippen MR) is 118 cm³/mol. The van der Waals surface area contributed by atoms with Crippen LogP contribution in [0.4, 0.5) is 5.69 Å². The van der Waals surface area contributed by atoms with Crippen molar-refractivity contribution in [1.29, 1.82) is 0 Å². The fourth-order valence-corrected chi connectivity index (χ4v) is 3.53. The second kappa shape index (κ2) is 10.9.